The lowest BCUT2D eigenvalue weighted by atomic mass is 9.80. The van der Waals surface area contributed by atoms with E-state index in [1.807, 2.05) is 13.0 Å². The fraction of sp³-hybridized carbons (Fsp3) is 0.538. The summed E-state index contributed by atoms with van der Waals surface area (Å²) in [7, 11) is 0. The predicted molar refractivity (Wildman–Crippen MR) is 69.9 cm³/mol. The van der Waals surface area contributed by atoms with Crippen molar-refractivity contribution in [2.24, 2.45) is 11.1 Å². The quantitative estimate of drug-likeness (QED) is 0.893. The van der Waals surface area contributed by atoms with E-state index in [4.69, 9.17) is 5.73 Å². The smallest absolute Gasteiger partial charge is 0.124 e. The molecule has 1 rings (SSSR count). The van der Waals surface area contributed by atoms with Gasteiger partial charge in [0.1, 0.15) is 5.82 Å². The highest BCUT2D eigenvalue weighted by atomic mass is 79.9. The van der Waals surface area contributed by atoms with Gasteiger partial charge in [-0.25, -0.2) is 4.39 Å². The Morgan fingerprint density at radius 3 is 2.56 bits per heavy atom. The van der Waals surface area contributed by atoms with Crippen LogP contribution in [0.4, 0.5) is 4.39 Å². The number of nitrogens with two attached hydrogens (primary N) is 1. The highest BCUT2D eigenvalue weighted by Crippen LogP contribution is 2.30. The Morgan fingerprint density at radius 1 is 1.44 bits per heavy atom. The van der Waals surface area contributed by atoms with Gasteiger partial charge in [0.15, 0.2) is 0 Å². The molecule has 1 nitrogen and oxygen atoms in total. The summed E-state index contributed by atoms with van der Waals surface area (Å²) in [4.78, 5) is 0. The number of benzene rings is 1. The third kappa shape index (κ3) is 4.22. The first-order valence-electron chi connectivity index (χ1n) is 5.50. The monoisotopic (exact) mass is 287 g/mol. The first kappa shape index (κ1) is 13.7. The lowest BCUT2D eigenvalue weighted by Gasteiger charge is -2.27. The molecule has 0 radical (unpaired) electrons. The lowest BCUT2D eigenvalue weighted by Crippen LogP contribution is -2.26. The van der Waals surface area contributed by atoms with Gasteiger partial charge in [0, 0.05) is 10.5 Å². The van der Waals surface area contributed by atoms with Crippen molar-refractivity contribution in [3.8, 4) is 0 Å². The minimum absolute atomic E-state index is 0.133. The zero-order valence-corrected chi connectivity index (χ0v) is 11.6. The molecule has 0 amide bonds. The maximum Gasteiger partial charge on any atom is 0.124 e. The van der Waals surface area contributed by atoms with E-state index < -0.39 is 0 Å². The van der Waals surface area contributed by atoms with Gasteiger partial charge in [-0.3, -0.25) is 0 Å². The average Bonchev–Trinajstić information content (AvgIpc) is 2.07. The highest BCUT2D eigenvalue weighted by molar-refractivity contribution is 9.10. The molecule has 2 N–H and O–H groups in total. The van der Waals surface area contributed by atoms with E-state index in [0.29, 0.717) is 0 Å². The number of rotatable bonds is 4. The number of halogens is 2. The Balaban J connectivity index is 2.79. The molecular formula is C13H19BrFN. The van der Waals surface area contributed by atoms with Crippen molar-refractivity contribution in [3.63, 3.8) is 0 Å². The Labute approximate surface area is 105 Å². The molecule has 1 unspecified atom stereocenters. The van der Waals surface area contributed by atoms with E-state index in [0.717, 1.165) is 22.9 Å². The second-order valence-corrected chi connectivity index (χ2v) is 6.11. The van der Waals surface area contributed by atoms with Crippen molar-refractivity contribution < 1.29 is 4.39 Å². The molecule has 1 aromatic carbocycles. The fourth-order valence-corrected chi connectivity index (χ4v) is 2.62. The summed E-state index contributed by atoms with van der Waals surface area (Å²) < 4.78 is 13.8. The van der Waals surface area contributed by atoms with E-state index in [-0.39, 0.29) is 17.3 Å². The third-order valence-electron chi connectivity index (χ3n) is 2.56. The van der Waals surface area contributed by atoms with Crippen LogP contribution in [0.15, 0.2) is 22.7 Å². The molecule has 0 aromatic heterocycles. The van der Waals surface area contributed by atoms with Crippen LogP contribution in [0.5, 0.6) is 0 Å². The molecule has 0 aliphatic carbocycles. The second kappa shape index (κ2) is 5.28. The van der Waals surface area contributed by atoms with Crippen LogP contribution in [-0.4, -0.2) is 6.04 Å². The van der Waals surface area contributed by atoms with Crippen molar-refractivity contribution in [3.05, 3.63) is 34.1 Å². The summed E-state index contributed by atoms with van der Waals surface area (Å²) >= 11 is 3.39. The molecule has 0 spiro atoms. The van der Waals surface area contributed by atoms with Crippen LogP contribution in [0.3, 0.4) is 0 Å². The summed E-state index contributed by atoms with van der Waals surface area (Å²) in [5.74, 6) is -0.208. The van der Waals surface area contributed by atoms with Crippen molar-refractivity contribution >= 4 is 15.9 Å². The van der Waals surface area contributed by atoms with E-state index in [9.17, 15) is 4.39 Å². The molecule has 0 aliphatic rings. The first-order valence-corrected chi connectivity index (χ1v) is 6.29. The van der Waals surface area contributed by atoms with Crippen LogP contribution in [0.2, 0.25) is 0 Å². The lowest BCUT2D eigenvalue weighted by molar-refractivity contribution is 0.309. The predicted octanol–water partition coefficient (Wildman–Crippen LogP) is 3.89. The Bertz CT molecular complexity index is 361. The summed E-state index contributed by atoms with van der Waals surface area (Å²) in [5, 5.41) is 0. The topological polar surface area (TPSA) is 26.0 Å². The maximum atomic E-state index is 12.9. The van der Waals surface area contributed by atoms with Crippen LogP contribution in [0.1, 0.15) is 32.8 Å². The van der Waals surface area contributed by atoms with Crippen molar-refractivity contribution in [1.82, 2.24) is 0 Å². The van der Waals surface area contributed by atoms with Gasteiger partial charge >= 0.3 is 0 Å². The summed E-state index contributed by atoms with van der Waals surface area (Å²) in [5.41, 5.74) is 7.09. The largest absolute Gasteiger partial charge is 0.328 e. The molecule has 1 atom stereocenters. The summed E-state index contributed by atoms with van der Waals surface area (Å²) in [6, 6.07) is 5.04. The molecule has 0 heterocycles. The normalized spacial score (nSPS) is 13.9. The van der Waals surface area contributed by atoms with Gasteiger partial charge < -0.3 is 5.73 Å². The van der Waals surface area contributed by atoms with E-state index in [2.05, 4.69) is 29.8 Å². The van der Waals surface area contributed by atoms with Crippen LogP contribution >= 0.6 is 15.9 Å². The standard InChI is InChI=1S/C13H19BrFN/c1-9(16)7-13(2,3)8-10-4-5-11(15)6-12(10)14/h4-6,9H,7-8,16H2,1-3H3. The molecule has 3 heteroatoms. The minimum atomic E-state index is -0.208. The van der Waals surface area contributed by atoms with Crippen LogP contribution in [0, 0.1) is 11.2 Å². The number of hydrogen-bond donors (Lipinski definition) is 1. The molecule has 0 aliphatic heterocycles. The third-order valence-corrected chi connectivity index (χ3v) is 3.30. The first-order chi connectivity index (χ1) is 7.30. The molecule has 1 aromatic rings. The SMILES string of the molecule is CC(N)CC(C)(C)Cc1ccc(F)cc1Br. The van der Waals surface area contributed by atoms with Crippen molar-refractivity contribution in [2.45, 2.75) is 39.7 Å². The zero-order valence-electron chi connectivity index (χ0n) is 10.1. The molecule has 16 heavy (non-hydrogen) atoms. The molecule has 0 fully saturated rings. The molecule has 90 valence electrons. The van der Waals surface area contributed by atoms with Crippen molar-refractivity contribution in [2.75, 3.05) is 0 Å². The van der Waals surface area contributed by atoms with Gasteiger partial charge in [-0.1, -0.05) is 35.8 Å². The van der Waals surface area contributed by atoms with Gasteiger partial charge in [-0.2, -0.15) is 0 Å². The van der Waals surface area contributed by atoms with Gasteiger partial charge in [0.2, 0.25) is 0 Å². The second-order valence-electron chi connectivity index (χ2n) is 5.26. The minimum Gasteiger partial charge on any atom is -0.328 e. The van der Waals surface area contributed by atoms with E-state index >= 15 is 0 Å². The Kier molecular flexibility index (Phi) is 4.51. The summed E-state index contributed by atoms with van der Waals surface area (Å²) in [6.45, 7) is 6.39. The molecule has 0 bridgehead atoms. The Morgan fingerprint density at radius 2 is 2.06 bits per heavy atom. The fourth-order valence-electron chi connectivity index (χ4n) is 2.12. The average molecular weight is 288 g/mol. The molecule has 0 saturated heterocycles. The van der Waals surface area contributed by atoms with Crippen LogP contribution in [0.25, 0.3) is 0 Å². The highest BCUT2D eigenvalue weighted by Gasteiger charge is 2.21. The van der Waals surface area contributed by atoms with E-state index in [1.54, 1.807) is 0 Å². The van der Waals surface area contributed by atoms with Gasteiger partial charge in [-0.05, 0) is 42.9 Å². The van der Waals surface area contributed by atoms with Gasteiger partial charge in [0.25, 0.3) is 0 Å². The molecular weight excluding hydrogens is 269 g/mol. The van der Waals surface area contributed by atoms with Crippen LogP contribution in [-0.2, 0) is 6.42 Å². The Hall–Kier alpha value is -0.410. The zero-order chi connectivity index (χ0) is 12.3. The van der Waals surface area contributed by atoms with Crippen molar-refractivity contribution in [1.29, 1.82) is 0 Å². The maximum absolute atomic E-state index is 12.9. The number of hydrogen-bond acceptors (Lipinski definition) is 1. The van der Waals surface area contributed by atoms with E-state index in [1.165, 1.54) is 12.1 Å². The summed E-state index contributed by atoms with van der Waals surface area (Å²) in [6.07, 6.45) is 1.85. The molecule has 0 saturated carbocycles. The van der Waals surface area contributed by atoms with Gasteiger partial charge in [0.05, 0.1) is 0 Å². The van der Waals surface area contributed by atoms with Crippen LogP contribution < -0.4 is 5.73 Å². The van der Waals surface area contributed by atoms with Gasteiger partial charge in [-0.15, -0.1) is 0 Å².